The molecule has 90 valence electrons. The number of nitrogens with zero attached hydrogens (tertiary/aromatic N) is 1. The number of methoxy groups -OCH3 is 1. The van der Waals surface area contributed by atoms with Crippen LogP contribution in [0.4, 0.5) is 0 Å². The number of carboxylic acids is 1. The summed E-state index contributed by atoms with van der Waals surface area (Å²) in [5.74, 6) is -0.830. The van der Waals surface area contributed by atoms with Gasteiger partial charge in [0.05, 0.1) is 6.61 Å². The molecule has 0 rings (SSSR count). The molecule has 0 amide bonds. The van der Waals surface area contributed by atoms with Crippen LogP contribution in [0.5, 0.6) is 0 Å². The predicted molar refractivity (Wildman–Crippen MR) is 60.1 cm³/mol. The van der Waals surface area contributed by atoms with E-state index in [1.54, 1.807) is 6.92 Å². The molecular weight excluding hydrogens is 194 g/mol. The minimum Gasteiger partial charge on any atom is -0.480 e. The second-order valence-electron chi connectivity index (χ2n) is 4.14. The van der Waals surface area contributed by atoms with Crippen LogP contribution in [-0.2, 0) is 9.53 Å². The zero-order chi connectivity index (χ0) is 11.9. The van der Waals surface area contributed by atoms with Gasteiger partial charge >= 0.3 is 5.97 Å². The topological polar surface area (TPSA) is 49.8 Å². The normalized spacial score (nSPS) is 15.3. The molecule has 0 heterocycles. The van der Waals surface area contributed by atoms with Gasteiger partial charge in [0.2, 0.25) is 0 Å². The van der Waals surface area contributed by atoms with Crippen LogP contribution in [0.3, 0.4) is 0 Å². The van der Waals surface area contributed by atoms with E-state index in [1.165, 1.54) is 7.11 Å². The Hall–Kier alpha value is -0.610. The van der Waals surface area contributed by atoms with Gasteiger partial charge in [-0.2, -0.15) is 0 Å². The summed E-state index contributed by atoms with van der Waals surface area (Å²) in [4.78, 5) is 13.0. The molecule has 0 aliphatic rings. The van der Waals surface area contributed by atoms with Crippen LogP contribution < -0.4 is 0 Å². The van der Waals surface area contributed by atoms with E-state index in [0.29, 0.717) is 0 Å². The first-order valence-corrected chi connectivity index (χ1v) is 5.42. The fraction of sp³-hybridized carbons (Fsp3) is 0.909. The Labute approximate surface area is 92.2 Å². The first-order valence-electron chi connectivity index (χ1n) is 5.42. The van der Waals surface area contributed by atoms with E-state index >= 15 is 0 Å². The van der Waals surface area contributed by atoms with Crippen LogP contribution in [-0.4, -0.2) is 48.8 Å². The maximum absolute atomic E-state index is 11.2. The lowest BCUT2D eigenvalue weighted by Crippen LogP contribution is -2.54. The molecular formula is C11H23NO3. The van der Waals surface area contributed by atoms with Crippen molar-refractivity contribution in [2.45, 2.75) is 38.6 Å². The van der Waals surface area contributed by atoms with Gasteiger partial charge in [-0.1, -0.05) is 19.8 Å². The Balaban J connectivity index is 4.28. The number of carboxylic acid groups (broad SMARTS) is 1. The SMILES string of the molecule is CCCCCN(C)C(C)(COC)C(=O)O. The molecule has 0 saturated carbocycles. The second kappa shape index (κ2) is 6.80. The monoisotopic (exact) mass is 217 g/mol. The van der Waals surface area contributed by atoms with Gasteiger partial charge in [0.25, 0.3) is 0 Å². The molecule has 0 aliphatic heterocycles. The average Bonchev–Trinajstić information content (AvgIpc) is 2.18. The van der Waals surface area contributed by atoms with Crippen molar-refractivity contribution < 1.29 is 14.6 Å². The van der Waals surface area contributed by atoms with Gasteiger partial charge < -0.3 is 9.84 Å². The number of ether oxygens (including phenoxy) is 1. The largest absolute Gasteiger partial charge is 0.480 e. The summed E-state index contributed by atoms with van der Waals surface area (Å²) in [6, 6.07) is 0. The Kier molecular flexibility index (Phi) is 6.52. The first-order chi connectivity index (χ1) is 6.99. The molecule has 15 heavy (non-hydrogen) atoms. The highest BCUT2D eigenvalue weighted by molar-refractivity contribution is 5.78. The van der Waals surface area contributed by atoms with Crippen molar-refractivity contribution >= 4 is 5.97 Å². The molecule has 0 aromatic carbocycles. The molecule has 0 fully saturated rings. The van der Waals surface area contributed by atoms with Crippen molar-refractivity contribution in [1.29, 1.82) is 0 Å². The van der Waals surface area contributed by atoms with Gasteiger partial charge in [0, 0.05) is 7.11 Å². The zero-order valence-electron chi connectivity index (χ0n) is 10.2. The summed E-state index contributed by atoms with van der Waals surface area (Å²) in [6.07, 6.45) is 3.30. The maximum Gasteiger partial charge on any atom is 0.326 e. The van der Waals surface area contributed by atoms with E-state index in [4.69, 9.17) is 9.84 Å². The fourth-order valence-electron chi connectivity index (χ4n) is 1.46. The number of rotatable bonds is 8. The lowest BCUT2D eigenvalue weighted by Gasteiger charge is -2.34. The van der Waals surface area contributed by atoms with Crippen molar-refractivity contribution in [3.8, 4) is 0 Å². The Bertz CT molecular complexity index is 196. The number of hydrogen-bond acceptors (Lipinski definition) is 3. The van der Waals surface area contributed by atoms with Crippen LogP contribution in [0.2, 0.25) is 0 Å². The lowest BCUT2D eigenvalue weighted by molar-refractivity contribution is -0.153. The van der Waals surface area contributed by atoms with E-state index in [-0.39, 0.29) is 6.61 Å². The highest BCUT2D eigenvalue weighted by Gasteiger charge is 2.37. The summed E-state index contributed by atoms with van der Waals surface area (Å²) >= 11 is 0. The number of aliphatic carboxylic acids is 1. The van der Waals surface area contributed by atoms with Crippen molar-refractivity contribution in [2.75, 3.05) is 27.3 Å². The minimum absolute atomic E-state index is 0.213. The first kappa shape index (κ1) is 14.4. The van der Waals surface area contributed by atoms with Crippen molar-refractivity contribution in [2.24, 2.45) is 0 Å². The second-order valence-corrected chi connectivity index (χ2v) is 4.14. The summed E-state index contributed by atoms with van der Waals surface area (Å²) in [5.41, 5.74) is -0.914. The summed E-state index contributed by atoms with van der Waals surface area (Å²) in [5, 5.41) is 9.17. The van der Waals surface area contributed by atoms with E-state index in [0.717, 1.165) is 25.8 Å². The molecule has 1 N–H and O–H groups in total. The predicted octanol–water partition coefficient (Wildman–Crippen LogP) is 1.60. The molecule has 1 unspecified atom stereocenters. The minimum atomic E-state index is -0.914. The summed E-state index contributed by atoms with van der Waals surface area (Å²) in [7, 11) is 3.36. The molecule has 0 saturated heterocycles. The Morgan fingerprint density at radius 1 is 1.47 bits per heavy atom. The standard InChI is InChI=1S/C11H23NO3/c1-5-6-7-8-12(3)11(2,9-15-4)10(13)14/h5-9H2,1-4H3,(H,13,14). The van der Waals surface area contributed by atoms with Gasteiger partial charge in [-0.3, -0.25) is 9.69 Å². The van der Waals surface area contributed by atoms with Crippen LogP contribution in [0.15, 0.2) is 0 Å². The van der Waals surface area contributed by atoms with Crippen LogP contribution in [0.1, 0.15) is 33.1 Å². The molecule has 0 aromatic rings. The van der Waals surface area contributed by atoms with E-state index in [1.807, 2.05) is 11.9 Å². The molecule has 0 aliphatic carbocycles. The van der Waals surface area contributed by atoms with E-state index in [2.05, 4.69) is 6.92 Å². The van der Waals surface area contributed by atoms with Gasteiger partial charge in [-0.05, 0) is 26.9 Å². The lowest BCUT2D eigenvalue weighted by atomic mass is 10.0. The summed E-state index contributed by atoms with van der Waals surface area (Å²) < 4.78 is 4.97. The maximum atomic E-state index is 11.2. The average molecular weight is 217 g/mol. The van der Waals surface area contributed by atoms with Crippen LogP contribution in [0, 0.1) is 0 Å². The third kappa shape index (κ3) is 4.18. The third-order valence-corrected chi connectivity index (χ3v) is 2.83. The Morgan fingerprint density at radius 3 is 2.47 bits per heavy atom. The van der Waals surface area contributed by atoms with Crippen molar-refractivity contribution in [3.05, 3.63) is 0 Å². The molecule has 4 nitrogen and oxygen atoms in total. The number of hydrogen-bond donors (Lipinski definition) is 1. The molecule has 0 aromatic heterocycles. The third-order valence-electron chi connectivity index (χ3n) is 2.83. The quantitative estimate of drug-likeness (QED) is 0.627. The van der Waals surface area contributed by atoms with Crippen LogP contribution >= 0.6 is 0 Å². The number of unbranched alkanes of at least 4 members (excludes halogenated alkanes) is 2. The van der Waals surface area contributed by atoms with E-state index < -0.39 is 11.5 Å². The van der Waals surface area contributed by atoms with Gasteiger partial charge in [-0.25, -0.2) is 0 Å². The smallest absolute Gasteiger partial charge is 0.326 e. The number of carbonyl (C=O) groups is 1. The van der Waals surface area contributed by atoms with Crippen molar-refractivity contribution in [3.63, 3.8) is 0 Å². The summed E-state index contributed by atoms with van der Waals surface area (Å²) in [6.45, 7) is 4.83. The van der Waals surface area contributed by atoms with Gasteiger partial charge in [0.1, 0.15) is 5.54 Å². The van der Waals surface area contributed by atoms with E-state index in [9.17, 15) is 4.79 Å². The highest BCUT2D eigenvalue weighted by atomic mass is 16.5. The molecule has 0 bridgehead atoms. The Morgan fingerprint density at radius 2 is 2.07 bits per heavy atom. The molecule has 0 radical (unpaired) electrons. The molecule has 4 heteroatoms. The fourth-order valence-corrected chi connectivity index (χ4v) is 1.46. The number of likely N-dealkylation sites (N-methyl/N-ethyl adjacent to an activating group) is 1. The zero-order valence-corrected chi connectivity index (χ0v) is 10.2. The van der Waals surface area contributed by atoms with Gasteiger partial charge in [-0.15, -0.1) is 0 Å². The van der Waals surface area contributed by atoms with Crippen molar-refractivity contribution in [1.82, 2.24) is 4.90 Å². The molecule has 1 atom stereocenters. The van der Waals surface area contributed by atoms with Gasteiger partial charge in [0.15, 0.2) is 0 Å². The van der Waals surface area contributed by atoms with Crippen LogP contribution in [0.25, 0.3) is 0 Å². The molecule has 0 spiro atoms. The highest BCUT2D eigenvalue weighted by Crippen LogP contribution is 2.15.